The highest BCUT2D eigenvalue weighted by Crippen LogP contribution is 2.40. The number of carbonyl (C=O) groups excluding carboxylic acids is 1. The van der Waals surface area contributed by atoms with Crippen molar-refractivity contribution in [1.82, 2.24) is 14.9 Å². The predicted octanol–water partition coefficient (Wildman–Crippen LogP) is 2.96. The first-order valence-corrected chi connectivity index (χ1v) is 9.14. The molecule has 4 rings (SSSR count). The number of ether oxygens (including phenoxy) is 1. The lowest BCUT2D eigenvalue weighted by molar-refractivity contribution is -0.131. The average molecular weight is 327 g/mol. The van der Waals surface area contributed by atoms with Crippen molar-refractivity contribution < 1.29 is 9.53 Å². The van der Waals surface area contributed by atoms with E-state index in [0.717, 1.165) is 62.3 Å². The SMILES string of the molecule is Cc1nccc([C@@H]2C[C@@H]3CCN(C(=O)C4=CCCCC4)C[C@H]3O2)n1. The van der Waals surface area contributed by atoms with E-state index < -0.39 is 0 Å². The molecule has 5 nitrogen and oxygen atoms in total. The van der Waals surface area contributed by atoms with Crippen molar-refractivity contribution in [3.05, 3.63) is 35.4 Å². The van der Waals surface area contributed by atoms with E-state index >= 15 is 0 Å². The summed E-state index contributed by atoms with van der Waals surface area (Å²) in [5.74, 6) is 1.56. The quantitative estimate of drug-likeness (QED) is 0.838. The lowest BCUT2D eigenvalue weighted by Crippen LogP contribution is -2.46. The van der Waals surface area contributed by atoms with E-state index in [-0.39, 0.29) is 18.1 Å². The summed E-state index contributed by atoms with van der Waals surface area (Å²) in [6.07, 6.45) is 10.5. The molecule has 0 unspecified atom stereocenters. The van der Waals surface area contributed by atoms with Crippen LogP contribution in [0.25, 0.3) is 0 Å². The molecule has 1 aromatic rings. The van der Waals surface area contributed by atoms with Crippen LogP contribution in [0.1, 0.15) is 56.1 Å². The molecule has 5 heteroatoms. The van der Waals surface area contributed by atoms with Crippen LogP contribution >= 0.6 is 0 Å². The zero-order valence-corrected chi connectivity index (χ0v) is 14.3. The van der Waals surface area contributed by atoms with Crippen LogP contribution in [-0.2, 0) is 9.53 Å². The number of fused-ring (bicyclic) bond motifs is 1. The van der Waals surface area contributed by atoms with Crippen molar-refractivity contribution >= 4 is 5.91 Å². The summed E-state index contributed by atoms with van der Waals surface area (Å²) < 4.78 is 6.27. The molecule has 3 aliphatic rings. The third-order valence-corrected chi connectivity index (χ3v) is 5.53. The molecule has 0 aromatic carbocycles. The van der Waals surface area contributed by atoms with Crippen molar-refractivity contribution in [3.8, 4) is 0 Å². The topological polar surface area (TPSA) is 55.3 Å². The van der Waals surface area contributed by atoms with Gasteiger partial charge in [-0.25, -0.2) is 9.97 Å². The zero-order chi connectivity index (χ0) is 16.5. The Balaban J connectivity index is 1.42. The van der Waals surface area contributed by atoms with Crippen molar-refractivity contribution in [3.63, 3.8) is 0 Å². The maximum Gasteiger partial charge on any atom is 0.249 e. The van der Waals surface area contributed by atoms with Gasteiger partial charge in [0, 0.05) is 24.9 Å². The fourth-order valence-electron chi connectivity index (χ4n) is 4.19. The summed E-state index contributed by atoms with van der Waals surface area (Å²) in [6.45, 7) is 3.49. The first-order chi connectivity index (χ1) is 11.7. The number of hydrogen-bond donors (Lipinski definition) is 0. The molecule has 0 spiro atoms. The number of allylic oxidation sites excluding steroid dienone is 1. The number of rotatable bonds is 2. The molecule has 128 valence electrons. The van der Waals surface area contributed by atoms with Gasteiger partial charge in [-0.15, -0.1) is 0 Å². The Labute approximate surface area is 143 Å². The van der Waals surface area contributed by atoms with Crippen molar-refractivity contribution in [2.45, 2.75) is 57.7 Å². The van der Waals surface area contributed by atoms with E-state index in [0.29, 0.717) is 5.92 Å². The standard InChI is InChI=1S/C19H25N3O2/c1-13-20-9-7-16(21-13)17-11-15-8-10-22(12-18(15)24-17)19(23)14-5-3-2-4-6-14/h5,7,9,15,17-18H,2-4,6,8,10-12H2,1H3/t15-,17-,18+/m0/s1. The molecule has 1 aliphatic carbocycles. The van der Waals surface area contributed by atoms with E-state index in [1.807, 2.05) is 17.9 Å². The minimum absolute atomic E-state index is 0.0469. The van der Waals surface area contributed by atoms with Gasteiger partial charge in [0.2, 0.25) is 5.91 Å². The van der Waals surface area contributed by atoms with E-state index in [9.17, 15) is 4.79 Å². The number of likely N-dealkylation sites (tertiary alicyclic amines) is 1. The highest BCUT2D eigenvalue weighted by molar-refractivity contribution is 5.93. The second-order valence-electron chi connectivity index (χ2n) is 7.20. The van der Waals surface area contributed by atoms with Crippen LogP contribution in [0.5, 0.6) is 0 Å². The Bertz CT molecular complexity index is 658. The summed E-state index contributed by atoms with van der Waals surface area (Å²) in [7, 11) is 0. The molecular weight excluding hydrogens is 302 g/mol. The minimum Gasteiger partial charge on any atom is -0.367 e. The Hall–Kier alpha value is -1.75. The smallest absolute Gasteiger partial charge is 0.249 e. The molecule has 3 heterocycles. The molecule has 2 fully saturated rings. The number of piperidine rings is 1. The van der Waals surface area contributed by atoms with Gasteiger partial charge in [0.15, 0.2) is 0 Å². The van der Waals surface area contributed by atoms with Crippen LogP contribution in [0.3, 0.4) is 0 Å². The molecule has 0 radical (unpaired) electrons. The predicted molar refractivity (Wildman–Crippen MR) is 90.2 cm³/mol. The van der Waals surface area contributed by atoms with Crippen molar-refractivity contribution in [2.24, 2.45) is 5.92 Å². The van der Waals surface area contributed by atoms with E-state index in [1.165, 1.54) is 6.42 Å². The number of aryl methyl sites for hydroxylation is 1. The number of amides is 1. The fourth-order valence-corrected chi connectivity index (χ4v) is 4.19. The number of carbonyl (C=O) groups is 1. The van der Waals surface area contributed by atoms with Gasteiger partial charge in [0.05, 0.1) is 11.8 Å². The van der Waals surface area contributed by atoms with E-state index in [4.69, 9.17) is 4.74 Å². The largest absolute Gasteiger partial charge is 0.367 e. The van der Waals surface area contributed by atoms with Gasteiger partial charge in [-0.1, -0.05) is 6.08 Å². The van der Waals surface area contributed by atoms with Crippen LogP contribution in [0.4, 0.5) is 0 Å². The summed E-state index contributed by atoms with van der Waals surface area (Å²) in [5, 5.41) is 0. The number of aromatic nitrogens is 2. The van der Waals surface area contributed by atoms with Gasteiger partial charge in [-0.3, -0.25) is 4.79 Å². The Morgan fingerprint density at radius 1 is 1.38 bits per heavy atom. The third kappa shape index (κ3) is 3.09. The molecule has 0 bridgehead atoms. The summed E-state index contributed by atoms with van der Waals surface area (Å²) in [5.41, 5.74) is 1.99. The molecule has 1 aromatic heterocycles. The van der Waals surface area contributed by atoms with Gasteiger partial charge >= 0.3 is 0 Å². The van der Waals surface area contributed by atoms with Gasteiger partial charge in [-0.05, 0) is 57.4 Å². The van der Waals surface area contributed by atoms with Gasteiger partial charge in [0.25, 0.3) is 0 Å². The van der Waals surface area contributed by atoms with E-state index in [1.54, 1.807) is 6.20 Å². The van der Waals surface area contributed by atoms with Crippen LogP contribution in [-0.4, -0.2) is 40.0 Å². The maximum absolute atomic E-state index is 12.7. The molecule has 2 saturated heterocycles. The van der Waals surface area contributed by atoms with Crippen molar-refractivity contribution in [1.29, 1.82) is 0 Å². The second kappa shape index (κ2) is 6.63. The highest BCUT2D eigenvalue weighted by Gasteiger charge is 2.41. The van der Waals surface area contributed by atoms with Crippen LogP contribution < -0.4 is 0 Å². The normalized spacial score (nSPS) is 30.0. The Morgan fingerprint density at radius 2 is 2.29 bits per heavy atom. The Morgan fingerprint density at radius 3 is 3.08 bits per heavy atom. The maximum atomic E-state index is 12.7. The second-order valence-corrected chi connectivity index (χ2v) is 7.20. The summed E-state index contributed by atoms with van der Waals surface area (Å²) in [6, 6.07) is 1.95. The number of hydrogen-bond acceptors (Lipinski definition) is 4. The lowest BCUT2D eigenvalue weighted by atomic mass is 9.90. The first-order valence-electron chi connectivity index (χ1n) is 9.14. The molecule has 0 saturated carbocycles. The van der Waals surface area contributed by atoms with Crippen LogP contribution in [0.2, 0.25) is 0 Å². The molecular formula is C19H25N3O2. The number of nitrogens with zero attached hydrogens (tertiary/aromatic N) is 3. The molecule has 1 amide bonds. The Kier molecular flexibility index (Phi) is 4.35. The molecule has 2 aliphatic heterocycles. The third-order valence-electron chi connectivity index (χ3n) is 5.53. The zero-order valence-electron chi connectivity index (χ0n) is 14.3. The summed E-state index contributed by atoms with van der Waals surface area (Å²) >= 11 is 0. The lowest BCUT2D eigenvalue weighted by Gasteiger charge is -2.35. The molecule has 3 atom stereocenters. The van der Waals surface area contributed by atoms with Gasteiger partial charge in [-0.2, -0.15) is 0 Å². The van der Waals surface area contributed by atoms with E-state index in [2.05, 4.69) is 16.0 Å². The van der Waals surface area contributed by atoms with Crippen LogP contribution in [0.15, 0.2) is 23.9 Å². The van der Waals surface area contributed by atoms with Gasteiger partial charge < -0.3 is 9.64 Å². The van der Waals surface area contributed by atoms with Gasteiger partial charge in [0.1, 0.15) is 11.9 Å². The van der Waals surface area contributed by atoms with Crippen LogP contribution in [0, 0.1) is 12.8 Å². The monoisotopic (exact) mass is 327 g/mol. The highest BCUT2D eigenvalue weighted by atomic mass is 16.5. The fraction of sp³-hybridized carbons (Fsp3) is 0.632. The first kappa shape index (κ1) is 15.8. The average Bonchev–Trinajstić information content (AvgIpc) is 3.05. The molecule has 24 heavy (non-hydrogen) atoms. The minimum atomic E-state index is 0.0469. The van der Waals surface area contributed by atoms with Crippen molar-refractivity contribution in [2.75, 3.05) is 13.1 Å². The summed E-state index contributed by atoms with van der Waals surface area (Å²) in [4.78, 5) is 23.4. The molecule has 0 N–H and O–H groups in total.